The summed E-state index contributed by atoms with van der Waals surface area (Å²) in [7, 11) is 0. The van der Waals surface area contributed by atoms with Gasteiger partial charge in [0.15, 0.2) is 5.50 Å². The minimum absolute atomic E-state index is 0.0208. The van der Waals surface area contributed by atoms with Crippen LogP contribution in [0.25, 0.3) is 0 Å². The summed E-state index contributed by atoms with van der Waals surface area (Å²) in [4.78, 5) is 10.8. The van der Waals surface area contributed by atoms with Gasteiger partial charge < -0.3 is 5.32 Å². The number of fused-ring (bicyclic) bond motifs is 1. The van der Waals surface area contributed by atoms with Crippen molar-refractivity contribution < 1.29 is 4.79 Å². The molecule has 58 valence electrons. The molecule has 0 aromatic rings. The van der Waals surface area contributed by atoms with Gasteiger partial charge in [-0.15, -0.1) is 0 Å². The van der Waals surface area contributed by atoms with Crippen LogP contribution in [0.4, 0.5) is 0 Å². The van der Waals surface area contributed by atoms with E-state index < -0.39 is 0 Å². The molecular weight excluding hydrogens is 162 g/mol. The lowest BCUT2D eigenvalue weighted by atomic mass is 10.5. The van der Waals surface area contributed by atoms with Crippen molar-refractivity contribution in [1.82, 2.24) is 10.3 Å². The zero-order valence-electron chi connectivity index (χ0n) is 5.94. The number of hydrogen-bond acceptors (Lipinski definition) is 4. The van der Waals surface area contributed by atoms with Gasteiger partial charge in [0, 0.05) is 12.3 Å². The Balaban J connectivity index is 2.21. The average Bonchev–Trinajstić information content (AvgIpc) is 2.27. The molecule has 1 amide bonds. The largest absolute Gasteiger partial charge is 0.322 e. The molecule has 0 aromatic heterocycles. The first kappa shape index (κ1) is 6.72. The van der Waals surface area contributed by atoms with Crippen LogP contribution in [0.3, 0.4) is 0 Å². The summed E-state index contributed by atoms with van der Waals surface area (Å²) in [6.45, 7) is 1.92. The van der Waals surface area contributed by atoms with Crippen molar-refractivity contribution >= 4 is 22.7 Å². The van der Waals surface area contributed by atoms with Gasteiger partial charge in [-0.2, -0.15) is 5.10 Å². The maximum absolute atomic E-state index is 10.8. The molecule has 4 nitrogen and oxygen atoms in total. The number of rotatable bonds is 0. The molecule has 0 aliphatic carbocycles. The molecule has 0 bridgehead atoms. The molecule has 0 aromatic carbocycles. The molecule has 2 heterocycles. The summed E-state index contributed by atoms with van der Waals surface area (Å²) < 4.78 is 0. The zero-order valence-corrected chi connectivity index (χ0v) is 6.76. The topological polar surface area (TPSA) is 44.7 Å². The Kier molecular flexibility index (Phi) is 1.38. The molecule has 0 saturated heterocycles. The van der Waals surface area contributed by atoms with Crippen molar-refractivity contribution in [1.29, 1.82) is 0 Å². The number of hydrogen-bond donors (Lipinski definition) is 1. The Morgan fingerprint density at radius 2 is 2.64 bits per heavy atom. The predicted molar refractivity (Wildman–Crippen MR) is 43.6 cm³/mol. The number of thioether (sulfide) groups is 1. The molecule has 0 spiro atoms. The molecule has 0 saturated carbocycles. The van der Waals surface area contributed by atoms with Crippen LogP contribution in [0.2, 0.25) is 0 Å². The maximum atomic E-state index is 10.8. The van der Waals surface area contributed by atoms with Gasteiger partial charge in [0.2, 0.25) is 5.91 Å². The summed E-state index contributed by atoms with van der Waals surface area (Å²) >= 11 is 1.55. The minimum Gasteiger partial charge on any atom is -0.322 e. The van der Waals surface area contributed by atoms with E-state index in [2.05, 4.69) is 10.4 Å². The zero-order chi connectivity index (χ0) is 7.84. The summed E-state index contributed by atoms with van der Waals surface area (Å²) in [5.41, 5.74) is -0.0208. The van der Waals surface area contributed by atoms with E-state index >= 15 is 0 Å². The summed E-state index contributed by atoms with van der Waals surface area (Å²) in [6.07, 6.45) is 3.16. The van der Waals surface area contributed by atoms with E-state index in [0.717, 1.165) is 5.04 Å². The van der Waals surface area contributed by atoms with E-state index in [4.69, 9.17) is 0 Å². The summed E-state index contributed by atoms with van der Waals surface area (Å²) in [5.74, 6) is -0.0522. The van der Waals surface area contributed by atoms with Gasteiger partial charge in [0.05, 0.1) is 5.04 Å². The normalized spacial score (nSPS) is 28.1. The second-order valence-corrected chi connectivity index (χ2v) is 3.57. The van der Waals surface area contributed by atoms with E-state index in [1.54, 1.807) is 23.0 Å². The number of hydrazone groups is 1. The Labute approximate surface area is 68.3 Å². The van der Waals surface area contributed by atoms with Gasteiger partial charge in [0.25, 0.3) is 0 Å². The number of carbonyl (C=O) groups is 1. The number of nitrogens with zero attached hydrogens (tertiary/aromatic N) is 2. The molecule has 1 unspecified atom stereocenters. The lowest BCUT2D eigenvalue weighted by Crippen LogP contribution is -2.41. The first-order valence-corrected chi connectivity index (χ1v) is 4.12. The first-order chi connectivity index (χ1) is 5.25. The van der Waals surface area contributed by atoms with E-state index in [1.807, 2.05) is 6.92 Å². The second-order valence-electron chi connectivity index (χ2n) is 2.29. The number of nitrogens with one attached hydrogen (secondary N) is 1. The highest BCUT2D eigenvalue weighted by atomic mass is 32.2. The third kappa shape index (κ3) is 1.11. The molecule has 2 rings (SSSR count). The van der Waals surface area contributed by atoms with Crippen LogP contribution in [0.1, 0.15) is 6.92 Å². The van der Waals surface area contributed by atoms with Crippen molar-refractivity contribution in [2.24, 2.45) is 5.10 Å². The fourth-order valence-corrected chi connectivity index (χ4v) is 1.84. The number of amides is 1. The fraction of sp³-hybridized carbons (Fsp3) is 0.333. The van der Waals surface area contributed by atoms with Crippen LogP contribution in [-0.4, -0.2) is 21.5 Å². The summed E-state index contributed by atoms with van der Waals surface area (Å²) in [5, 5.41) is 9.63. The van der Waals surface area contributed by atoms with Crippen LogP contribution < -0.4 is 5.32 Å². The molecule has 1 atom stereocenters. The standard InChI is InChI=1S/C6H7N3OS/c1-4-8-9-3-2-5(10)7-6(9)11-4/h2-3,6H,1H3,(H,7,10). The Morgan fingerprint density at radius 3 is 3.45 bits per heavy atom. The maximum Gasteiger partial charge on any atom is 0.247 e. The van der Waals surface area contributed by atoms with Crippen molar-refractivity contribution in [3.63, 3.8) is 0 Å². The Bertz CT molecular complexity index is 261. The van der Waals surface area contributed by atoms with Crippen molar-refractivity contribution in [2.75, 3.05) is 0 Å². The van der Waals surface area contributed by atoms with Crippen molar-refractivity contribution in [3.8, 4) is 0 Å². The SMILES string of the molecule is CC1=NN2C=CC(=O)NC2S1. The third-order valence-electron chi connectivity index (χ3n) is 1.42. The smallest absolute Gasteiger partial charge is 0.247 e. The fourth-order valence-electron chi connectivity index (χ4n) is 0.975. The molecule has 2 aliphatic heterocycles. The predicted octanol–water partition coefficient (Wildman–Crippen LogP) is 0.296. The molecule has 1 N–H and O–H groups in total. The molecule has 0 fully saturated rings. The van der Waals surface area contributed by atoms with Crippen LogP contribution >= 0.6 is 11.8 Å². The summed E-state index contributed by atoms with van der Waals surface area (Å²) in [6, 6.07) is 0. The van der Waals surface area contributed by atoms with Gasteiger partial charge in [-0.3, -0.25) is 4.79 Å². The average molecular weight is 169 g/mol. The van der Waals surface area contributed by atoms with E-state index in [1.165, 1.54) is 6.08 Å². The lowest BCUT2D eigenvalue weighted by Gasteiger charge is -2.22. The lowest BCUT2D eigenvalue weighted by molar-refractivity contribution is -0.118. The monoisotopic (exact) mass is 169 g/mol. The highest BCUT2D eigenvalue weighted by Gasteiger charge is 2.27. The third-order valence-corrected chi connectivity index (χ3v) is 2.40. The molecule has 11 heavy (non-hydrogen) atoms. The van der Waals surface area contributed by atoms with Crippen LogP contribution in [-0.2, 0) is 4.79 Å². The van der Waals surface area contributed by atoms with Crippen LogP contribution in [0.15, 0.2) is 17.4 Å². The van der Waals surface area contributed by atoms with Gasteiger partial charge >= 0.3 is 0 Å². The van der Waals surface area contributed by atoms with Gasteiger partial charge in [0.1, 0.15) is 0 Å². The van der Waals surface area contributed by atoms with Crippen LogP contribution in [0, 0.1) is 0 Å². The van der Waals surface area contributed by atoms with Gasteiger partial charge in [-0.1, -0.05) is 11.8 Å². The molecule has 5 heteroatoms. The van der Waals surface area contributed by atoms with Crippen molar-refractivity contribution in [2.45, 2.75) is 12.4 Å². The molecular formula is C6H7N3OS. The number of carbonyl (C=O) groups excluding carboxylic acids is 1. The molecule has 2 aliphatic rings. The van der Waals surface area contributed by atoms with Gasteiger partial charge in [-0.25, -0.2) is 5.01 Å². The highest BCUT2D eigenvalue weighted by Crippen LogP contribution is 2.25. The van der Waals surface area contributed by atoms with E-state index in [9.17, 15) is 4.79 Å². The van der Waals surface area contributed by atoms with Crippen molar-refractivity contribution in [3.05, 3.63) is 12.3 Å². The highest BCUT2D eigenvalue weighted by molar-refractivity contribution is 8.14. The van der Waals surface area contributed by atoms with E-state index in [0.29, 0.717) is 0 Å². The molecule has 0 radical (unpaired) electrons. The quantitative estimate of drug-likeness (QED) is 0.567. The van der Waals surface area contributed by atoms with E-state index in [-0.39, 0.29) is 11.4 Å². The minimum atomic E-state index is -0.0522. The van der Waals surface area contributed by atoms with Crippen LogP contribution in [0.5, 0.6) is 0 Å². The van der Waals surface area contributed by atoms with Gasteiger partial charge in [-0.05, 0) is 6.92 Å². The Hall–Kier alpha value is -0.970. The second kappa shape index (κ2) is 2.27. The first-order valence-electron chi connectivity index (χ1n) is 3.24. The Morgan fingerprint density at radius 1 is 1.82 bits per heavy atom.